The highest BCUT2D eigenvalue weighted by molar-refractivity contribution is 5.76. The van der Waals surface area contributed by atoms with Crippen LogP contribution in [-0.2, 0) is 0 Å². The lowest BCUT2D eigenvalue weighted by Gasteiger charge is -2.15. The van der Waals surface area contributed by atoms with Gasteiger partial charge in [-0.2, -0.15) is 0 Å². The standard InChI is InChI=1S/C23H24/c1-16(2)22-14-13-21(19-9-5-17(3)6-10-19)15-23(22)20-11-7-18(4)8-12-20/h5-16H,1-4H3. The van der Waals surface area contributed by atoms with Gasteiger partial charge in [0.1, 0.15) is 0 Å². The van der Waals surface area contributed by atoms with Crippen LogP contribution in [0.25, 0.3) is 22.3 Å². The first-order valence-electron chi connectivity index (χ1n) is 8.32. The molecule has 0 spiro atoms. The van der Waals surface area contributed by atoms with E-state index in [4.69, 9.17) is 0 Å². The van der Waals surface area contributed by atoms with Crippen molar-refractivity contribution in [1.29, 1.82) is 0 Å². The topological polar surface area (TPSA) is 0 Å². The lowest BCUT2D eigenvalue weighted by molar-refractivity contribution is 0.869. The number of aryl methyl sites for hydroxylation is 2. The molecular weight excluding hydrogens is 276 g/mol. The van der Waals surface area contributed by atoms with Crippen LogP contribution in [0.1, 0.15) is 36.5 Å². The van der Waals surface area contributed by atoms with Gasteiger partial charge in [0.15, 0.2) is 0 Å². The normalized spacial score (nSPS) is 11.0. The van der Waals surface area contributed by atoms with Crippen molar-refractivity contribution in [2.75, 3.05) is 0 Å². The lowest BCUT2D eigenvalue weighted by Crippen LogP contribution is -1.93. The summed E-state index contributed by atoms with van der Waals surface area (Å²) in [5.74, 6) is 0.512. The molecule has 0 N–H and O–H groups in total. The van der Waals surface area contributed by atoms with Crippen LogP contribution in [0.4, 0.5) is 0 Å². The molecule has 0 aliphatic rings. The van der Waals surface area contributed by atoms with Crippen molar-refractivity contribution in [2.24, 2.45) is 0 Å². The number of hydrogen-bond acceptors (Lipinski definition) is 0. The molecule has 0 aliphatic heterocycles. The third-order valence-electron chi connectivity index (χ3n) is 4.42. The van der Waals surface area contributed by atoms with E-state index >= 15 is 0 Å². The highest BCUT2D eigenvalue weighted by Gasteiger charge is 2.10. The van der Waals surface area contributed by atoms with Crippen molar-refractivity contribution in [1.82, 2.24) is 0 Å². The summed E-state index contributed by atoms with van der Waals surface area (Å²) in [6, 6.07) is 24.5. The van der Waals surface area contributed by atoms with E-state index in [2.05, 4.69) is 94.4 Å². The summed E-state index contributed by atoms with van der Waals surface area (Å²) in [6.45, 7) is 8.79. The largest absolute Gasteiger partial charge is 0.0587 e. The van der Waals surface area contributed by atoms with Gasteiger partial charge in [0.05, 0.1) is 0 Å². The second kappa shape index (κ2) is 6.42. The molecule has 116 valence electrons. The Morgan fingerprint density at radius 3 is 1.57 bits per heavy atom. The summed E-state index contributed by atoms with van der Waals surface area (Å²) in [5.41, 5.74) is 9.21. The van der Waals surface area contributed by atoms with E-state index in [1.807, 2.05) is 0 Å². The summed E-state index contributed by atoms with van der Waals surface area (Å²) in [5, 5.41) is 0. The molecule has 0 fully saturated rings. The van der Waals surface area contributed by atoms with E-state index in [-0.39, 0.29) is 0 Å². The Labute approximate surface area is 139 Å². The second-order valence-corrected chi connectivity index (χ2v) is 6.69. The molecule has 0 heterocycles. The van der Waals surface area contributed by atoms with Crippen LogP contribution >= 0.6 is 0 Å². The molecule has 0 amide bonds. The molecule has 3 rings (SSSR count). The van der Waals surface area contributed by atoms with Gasteiger partial charge in [-0.15, -0.1) is 0 Å². The Bertz CT molecular complexity index is 790. The van der Waals surface area contributed by atoms with E-state index in [1.165, 1.54) is 38.9 Å². The first-order chi connectivity index (χ1) is 11.0. The Balaban J connectivity index is 2.13. The third-order valence-corrected chi connectivity index (χ3v) is 4.42. The van der Waals surface area contributed by atoms with Gasteiger partial charge in [-0.05, 0) is 53.6 Å². The van der Waals surface area contributed by atoms with Crippen LogP contribution < -0.4 is 0 Å². The average Bonchev–Trinajstić information content (AvgIpc) is 2.55. The minimum absolute atomic E-state index is 0.512. The summed E-state index contributed by atoms with van der Waals surface area (Å²) < 4.78 is 0. The molecule has 23 heavy (non-hydrogen) atoms. The van der Waals surface area contributed by atoms with Gasteiger partial charge >= 0.3 is 0 Å². The fourth-order valence-electron chi connectivity index (χ4n) is 2.97. The summed E-state index contributed by atoms with van der Waals surface area (Å²) in [7, 11) is 0. The molecule has 0 aromatic heterocycles. The van der Waals surface area contributed by atoms with Crippen molar-refractivity contribution in [3.05, 3.63) is 83.4 Å². The second-order valence-electron chi connectivity index (χ2n) is 6.69. The van der Waals surface area contributed by atoms with Gasteiger partial charge < -0.3 is 0 Å². The van der Waals surface area contributed by atoms with Gasteiger partial charge in [-0.25, -0.2) is 0 Å². The predicted molar refractivity (Wildman–Crippen MR) is 101 cm³/mol. The maximum Gasteiger partial charge on any atom is -0.0143 e. The van der Waals surface area contributed by atoms with Crippen molar-refractivity contribution < 1.29 is 0 Å². The SMILES string of the molecule is Cc1ccc(-c2ccc(C(C)C)c(-c3ccc(C)cc3)c2)cc1. The molecule has 0 saturated heterocycles. The van der Waals surface area contributed by atoms with Crippen molar-refractivity contribution in [3.63, 3.8) is 0 Å². The molecule has 0 radical (unpaired) electrons. The third kappa shape index (κ3) is 3.37. The smallest absolute Gasteiger partial charge is 0.0143 e. The van der Waals surface area contributed by atoms with E-state index in [1.54, 1.807) is 0 Å². The monoisotopic (exact) mass is 300 g/mol. The first kappa shape index (κ1) is 15.6. The zero-order chi connectivity index (χ0) is 16.4. The highest BCUT2D eigenvalue weighted by atomic mass is 14.1. The summed E-state index contributed by atoms with van der Waals surface area (Å²) in [6.07, 6.45) is 0. The average molecular weight is 300 g/mol. The highest BCUT2D eigenvalue weighted by Crippen LogP contribution is 2.33. The lowest BCUT2D eigenvalue weighted by atomic mass is 9.89. The van der Waals surface area contributed by atoms with Crippen LogP contribution in [0.15, 0.2) is 66.7 Å². The van der Waals surface area contributed by atoms with Crippen molar-refractivity contribution in [3.8, 4) is 22.3 Å². The van der Waals surface area contributed by atoms with Gasteiger partial charge in [0, 0.05) is 0 Å². The zero-order valence-electron chi connectivity index (χ0n) is 14.4. The Hall–Kier alpha value is -2.34. The number of rotatable bonds is 3. The summed E-state index contributed by atoms with van der Waals surface area (Å²) >= 11 is 0. The maximum atomic E-state index is 2.34. The Morgan fingerprint density at radius 1 is 0.565 bits per heavy atom. The van der Waals surface area contributed by atoms with Gasteiger partial charge in [-0.1, -0.05) is 85.6 Å². The van der Waals surface area contributed by atoms with Crippen LogP contribution in [-0.4, -0.2) is 0 Å². The Kier molecular flexibility index (Phi) is 4.34. The summed E-state index contributed by atoms with van der Waals surface area (Å²) in [4.78, 5) is 0. The minimum atomic E-state index is 0.512. The van der Waals surface area contributed by atoms with Crippen LogP contribution in [0.3, 0.4) is 0 Å². The van der Waals surface area contributed by atoms with Crippen LogP contribution in [0, 0.1) is 13.8 Å². The van der Waals surface area contributed by atoms with Gasteiger partial charge in [0.2, 0.25) is 0 Å². The van der Waals surface area contributed by atoms with Gasteiger partial charge in [-0.3, -0.25) is 0 Å². The van der Waals surface area contributed by atoms with E-state index in [0.717, 1.165) is 0 Å². The molecule has 3 aromatic carbocycles. The van der Waals surface area contributed by atoms with E-state index in [0.29, 0.717) is 5.92 Å². The van der Waals surface area contributed by atoms with Crippen molar-refractivity contribution in [2.45, 2.75) is 33.6 Å². The molecule has 0 atom stereocenters. The quantitative estimate of drug-likeness (QED) is 0.501. The van der Waals surface area contributed by atoms with Crippen molar-refractivity contribution >= 4 is 0 Å². The zero-order valence-corrected chi connectivity index (χ0v) is 14.4. The van der Waals surface area contributed by atoms with E-state index in [9.17, 15) is 0 Å². The van der Waals surface area contributed by atoms with Crippen LogP contribution in [0.2, 0.25) is 0 Å². The van der Waals surface area contributed by atoms with E-state index < -0.39 is 0 Å². The molecule has 3 aromatic rings. The Morgan fingerprint density at radius 2 is 1.04 bits per heavy atom. The maximum absolute atomic E-state index is 2.34. The molecule has 0 nitrogen and oxygen atoms in total. The molecular formula is C23H24. The number of benzene rings is 3. The minimum Gasteiger partial charge on any atom is -0.0587 e. The first-order valence-corrected chi connectivity index (χ1v) is 8.32. The predicted octanol–water partition coefficient (Wildman–Crippen LogP) is 6.76. The fraction of sp³-hybridized carbons (Fsp3) is 0.217. The molecule has 0 heteroatoms. The fourth-order valence-corrected chi connectivity index (χ4v) is 2.97. The molecule has 0 unspecified atom stereocenters. The molecule has 0 aliphatic carbocycles. The van der Waals surface area contributed by atoms with Gasteiger partial charge in [0.25, 0.3) is 0 Å². The number of hydrogen-bond donors (Lipinski definition) is 0. The van der Waals surface area contributed by atoms with Crippen LogP contribution in [0.5, 0.6) is 0 Å². The molecule has 0 bridgehead atoms. The molecule has 0 saturated carbocycles.